The van der Waals surface area contributed by atoms with Crippen LogP contribution >= 0.6 is 0 Å². The lowest BCUT2D eigenvalue weighted by atomic mass is 9.96. The molecule has 0 aliphatic rings. The van der Waals surface area contributed by atoms with Crippen LogP contribution in [0.2, 0.25) is 0 Å². The molecule has 0 saturated carbocycles. The van der Waals surface area contributed by atoms with Crippen LogP contribution in [0.25, 0.3) is 0 Å². The van der Waals surface area contributed by atoms with Crippen molar-refractivity contribution in [3.8, 4) is 5.75 Å². The van der Waals surface area contributed by atoms with Crippen molar-refractivity contribution in [3.63, 3.8) is 0 Å². The fourth-order valence-corrected chi connectivity index (χ4v) is 2.19. The highest BCUT2D eigenvalue weighted by atomic mass is 19.1. The predicted octanol–water partition coefficient (Wildman–Crippen LogP) is 3.97. The zero-order valence-electron chi connectivity index (χ0n) is 12.1. The number of halogens is 1. The van der Waals surface area contributed by atoms with Gasteiger partial charge >= 0.3 is 0 Å². The smallest absolute Gasteiger partial charge is 0.123 e. The lowest BCUT2D eigenvalue weighted by molar-refractivity contribution is 0.242. The highest BCUT2D eigenvalue weighted by Gasteiger charge is 2.12. The zero-order valence-corrected chi connectivity index (χ0v) is 12.1. The fourth-order valence-electron chi connectivity index (χ4n) is 2.19. The number of hydrogen-bond donors (Lipinski definition) is 1. The van der Waals surface area contributed by atoms with E-state index in [0.29, 0.717) is 0 Å². The van der Waals surface area contributed by atoms with E-state index in [-0.39, 0.29) is 18.0 Å². The van der Waals surface area contributed by atoms with Gasteiger partial charge in [0.15, 0.2) is 0 Å². The van der Waals surface area contributed by atoms with Gasteiger partial charge in [-0.05, 0) is 61.7 Å². The van der Waals surface area contributed by atoms with Gasteiger partial charge in [0.25, 0.3) is 0 Å². The van der Waals surface area contributed by atoms with Crippen LogP contribution in [-0.2, 0) is 0 Å². The second-order valence-corrected chi connectivity index (χ2v) is 5.21. The molecule has 0 spiro atoms. The normalized spacial score (nSPS) is 12.5. The SMILES string of the molecule is Cc1cc(F)ccc1C(N)c1ccc(OC(C)C)cc1. The molecule has 2 N–H and O–H groups in total. The summed E-state index contributed by atoms with van der Waals surface area (Å²) in [6.45, 7) is 5.84. The summed E-state index contributed by atoms with van der Waals surface area (Å²) >= 11 is 0. The van der Waals surface area contributed by atoms with Crippen LogP contribution in [0.5, 0.6) is 5.75 Å². The van der Waals surface area contributed by atoms with E-state index in [0.717, 1.165) is 22.4 Å². The van der Waals surface area contributed by atoms with Gasteiger partial charge in [0.05, 0.1) is 12.1 Å². The summed E-state index contributed by atoms with van der Waals surface area (Å²) in [4.78, 5) is 0. The van der Waals surface area contributed by atoms with Gasteiger partial charge in [-0.15, -0.1) is 0 Å². The molecule has 2 nitrogen and oxygen atoms in total. The van der Waals surface area contributed by atoms with Crippen LogP contribution < -0.4 is 10.5 Å². The first kappa shape index (κ1) is 14.5. The Morgan fingerprint density at radius 3 is 2.25 bits per heavy atom. The van der Waals surface area contributed by atoms with Crippen molar-refractivity contribution in [2.75, 3.05) is 0 Å². The molecule has 106 valence electrons. The number of aryl methyl sites for hydroxylation is 1. The molecule has 0 aliphatic heterocycles. The molecule has 0 heterocycles. The molecule has 2 aromatic rings. The maximum atomic E-state index is 13.1. The molecule has 20 heavy (non-hydrogen) atoms. The van der Waals surface area contributed by atoms with E-state index in [1.807, 2.05) is 45.0 Å². The largest absolute Gasteiger partial charge is 0.491 e. The minimum atomic E-state index is -0.260. The Morgan fingerprint density at radius 1 is 1.05 bits per heavy atom. The average molecular weight is 273 g/mol. The third kappa shape index (κ3) is 3.36. The standard InChI is InChI=1S/C17H20FNO/c1-11(2)20-15-7-4-13(5-8-15)17(19)16-9-6-14(18)10-12(16)3/h4-11,17H,19H2,1-3H3. The van der Waals surface area contributed by atoms with E-state index in [2.05, 4.69) is 0 Å². The van der Waals surface area contributed by atoms with Crippen molar-refractivity contribution in [1.82, 2.24) is 0 Å². The molecule has 2 aromatic carbocycles. The number of ether oxygens (including phenoxy) is 1. The Labute approximate surface area is 119 Å². The molecular formula is C17H20FNO. The summed E-state index contributed by atoms with van der Waals surface area (Å²) in [5, 5.41) is 0. The Morgan fingerprint density at radius 2 is 1.70 bits per heavy atom. The Kier molecular flexibility index (Phi) is 4.40. The van der Waals surface area contributed by atoms with Gasteiger partial charge < -0.3 is 10.5 Å². The van der Waals surface area contributed by atoms with Crippen molar-refractivity contribution in [1.29, 1.82) is 0 Å². The number of hydrogen-bond acceptors (Lipinski definition) is 2. The quantitative estimate of drug-likeness (QED) is 0.914. The van der Waals surface area contributed by atoms with Crippen LogP contribution in [0.1, 0.15) is 36.6 Å². The first-order valence-corrected chi connectivity index (χ1v) is 6.75. The Bertz CT molecular complexity index is 578. The first-order valence-electron chi connectivity index (χ1n) is 6.75. The van der Waals surface area contributed by atoms with Gasteiger partial charge in [-0.25, -0.2) is 4.39 Å². The average Bonchev–Trinajstić information content (AvgIpc) is 2.38. The molecule has 1 atom stereocenters. The molecular weight excluding hydrogens is 253 g/mol. The molecule has 0 saturated heterocycles. The second-order valence-electron chi connectivity index (χ2n) is 5.21. The topological polar surface area (TPSA) is 35.2 Å². The van der Waals surface area contributed by atoms with E-state index >= 15 is 0 Å². The Hall–Kier alpha value is -1.87. The Balaban J connectivity index is 2.22. The number of benzene rings is 2. The van der Waals surface area contributed by atoms with Crippen LogP contribution in [-0.4, -0.2) is 6.10 Å². The van der Waals surface area contributed by atoms with E-state index in [9.17, 15) is 4.39 Å². The van der Waals surface area contributed by atoms with Crippen LogP contribution in [0.4, 0.5) is 4.39 Å². The number of nitrogens with two attached hydrogens (primary N) is 1. The molecule has 0 fully saturated rings. The van der Waals surface area contributed by atoms with Crippen molar-refractivity contribution in [2.24, 2.45) is 5.73 Å². The highest BCUT2D eigenvalue weighted by Crippen LogP contribution is 2.25. The second kappa shape index (κ2) is 6.06. The molecule has 3 heteroatoms. The summed E-state index contributed by atoms with van der Waals surface area (Å²) in [5.41, 5.74) is 9.03. The van der Waals surface area contributed by atoms with E-state index in [1.165, 1.54) is 12.1 Å². The number of rotatable bonds is 4. The summed E-state index contributed by atoms with van der Waals surface area (Å²) in [5.74, 6) is 0.589. The summed E-state index contributed by atoms with van der Waals surface area (Å²) in [6.07, 6.45) is 0.147. The maximum Gasteiger partial charge on any atom is 0.123 e. The maximum absolute atomic E-state index is 13.1. The van der Waals surface area contributed by atoms with Crippen molar-refractivity contribution < 1.29 is 9.13 Å². The molecule has 1 unspecified atom stereocenters. The fraction of sp³-hybridized carbons (Fsp3) is 0.294. The first-order chi connectivity index (χ1) is 9.47. The van der Waals surface area contributed by atoms with Gasteiger partial charge in [0.2, 0.25) is 0 Å². The van der Waals surface area contributed by atoms with Gasteiger partial charge in [-0.1, -0.05) is 18.2 Å². The third-order valence-electron chi connectivity index (χ3n) is 3.18. The van der Waals surface area contributed by atoms with E-state index in [4.69, 9.17) is 10.5 Å². The van der Waals surface area contributed by atoms with Crippen molar-refractivity contribution in [3.05, 3.63) is 65.0 Å². The third-order valence-corrected chi connectivity index (χ3v) is 3.18. The zero-order chi connectivity index (χ0) is 14.7. The van der Waals surface area contributed by atoms with Gasteiger partial charge in [-0.2, -0.15) is 0 Å². The minimum absolute atomic E-state index is 0.147. The monoisotopic (exact) mass is 273 g/mol. The molecule has 0 aromatic heterocycles. The van der Waals surface area contributed by atoms with Crippen molar-refractivity contribution >= 4 is 0 Å². The molecule has 0 radical (unpaired) electrons. The van der Waals surface area contributed by atoms with E-state index in [1.54, 1.807) is 6.07 Å². The van der Waals surface area contributed by atoms with Crippen LogP contribution in [0, 0.1) is 12.7 Å². The van der Waals surface area contributed by atoms with Gasteiger partial charge in [0, 0.05) is 0 Å². The summed E-state index contributed by atoms with van der Waals surface area (Å²) in [6, 6.07) is 12.2. The van der Waals surface area contributed by atoms with Crippen LogP contribution in [0.15, 0.2) is 42.5 Å². The molecule has 0 bridgehead atoms. The molecule has 0 aliphatic carbocycles. The minimum Gasteiger partial charge on any atom is -0.491 e. The van der Waals surface area contributed by atoms with Crippen molar-refractivity contribution in [2.45, 2.75) is 32.9 Å². The van der Waals surface area contributed by atoms with Gasteiger partial charge in [0.1, 0.15) is 11.6 Å². The lowest BCUT2D eigenvalue weighted by Crippen LogP contribution is -2.13. The molecule has 2 rings (SSSR count). The molecule has 0 amide bonds. The summed E-state index contributed by atoms with van der Waals surface area (Å²) < 4.78 is 18.7. The van der Waals surface area contributed by atoms with Crippen LogP contribution in [0.3, 0.4) is 0 Å². The summed E-state index contributed by atoms with van der Waals surface area (Å²) in [7, 11) is 0. The van der Waals surface area contributed by atoms with E-state index < -0.39 is 0 Å². The highest BCUT2D eigenvalue weighted by molar-refractivity contribution is 5.38. The van der Waals surface area contributed by atoms with Gasteiger partial charge in [-0.3, -0.25) is 0 Å². The predicted molar refractivity (Wildman–Crippen MR) is 79.4 cm³/mol. The lowest BCUT2D eigenvalue weighted by Gasteiger charge is -2.16.